The van der Waals surface area contributed by atoms with Crippen LogP contribution in [-0.2, 0) is 28.4 Å². The van der Waals surface area contributed by atoms with E-state index in [1.54, 1.807) is 50.2 Å². The first kappa shape index (κ1) is 42.3. The maximum absolute atomic E-state index is 12.3. The van der Waals surface area contributed by atoms with Crippen LogP contribution in [0.15, 0.2) is 67.0 Å². The van der Waals surface area contributed by atoms with Gasteiger partial charge in [-0.3, -0.25) is 9.80 Å². The van der Waals surface area contributed by atoms with Gasteiger partial charge in [0.05, 0.1) is 66.1 Å². The van der Waals surface area contributed by atoms with E-state index in [9.17, 15) is 19.2 Å². The molecule has 3 heterocycles. The molecule has 56 heavy (non-hydrogen) atoms. The van der Waals surface area contributed by atoms with Crippen LogP contribution >= 0.6 is 0 Å². The van der Waals surface area contributed by atoms with Crippen molar-refractivity contribution in [2.45, 2.75) is 13.8 Å². The van der Waals surface area contributed by atoms with Gasteiger partial charge in [-0.05, 0) is 50.2 Å². The highest BCUT2D eigenvalue weighted by Crippen LogP contribution is 2.22. The lowest BCUT2D eigenvalue weighted by molar-refractivity contribution is 0.00572. The standard InChI is InChI=1S/C40H50N2O14/c1-3-51-37(43)33-25-29-5-7-31(27-35(29)55-39(33)45)53-19-13-41-9-15-47-21-23-49-17-11-42(12-18-50-24-22-48-16-10-41)14-20-54-32-8-6-30-26-34(38(44)52-4-2)40(46)56-36(30)28-32/h5-8,25-28H,3-4,9-24H2,1-2H3. The van der Waals surface area contributed by atoms with Crippen molar-refractivity contribution in [2.24, 2.45) is 0 Å². The molecule has 16 nitrogen and oxygen atoms in total. The molecule has 1 saturated heterocycles. The van der Waals surface area contributed by atoms with Gasteiger partial charge in [-0.15, -0.1) is 0 Å². The van der Waals surface area contributed by atoms with E-state index in [1.807, 2.05) is 0 Å². The molecule has 16 heteroatoms. The van der Waals surface area contributed by atoms with Crippen molar-refractivity contribution < 1.29 is 56.3 Å². The van der Waals surface area contributed by atoms with Crippen molar-refractivity contribution >= 4 is 33.9 Å². The van der Waals surface area contributed by atoms with E-state index in [4.69, 9.17) is 46.7 Å². The highest BCUT2D eigenvalue weighted by molar-refractivity contribution is 5.93. The molecule has 2 aromatic carbocycles. The van der Waals surface area contributed by atoms with E-state index in [2.05, 4.69) is 9.80 Å². The molecule has 0 bridgehead atoms. The predicted octanol–water partition coefficient (Wildman–Crippen LogP) is 3.39. The minimum absolute atomic E-state index is 0.145. The number of benzene rings is 2. The summed E-state index contributed by atoms with van der Waals surface area (Å²) in [6, 6.07) is 13.2. The van der Waals surface area contributed by atoms with Crippen molar-refractivity contribution in [3.05, 3.63) is 80.5 Å². The normalized spacial score (nSPS) is 16.2. The number of carbonyl (C=O) groups is 2. The fourth-order valence-electron chi connectivity index (χ4n) is 5.74. The van der Waals surface area contributed by atoms with Crippen molar-refractivity contribution in [3.8, 4) is 11.5 Å². The predicted molar refractivity (Wildman–Crippen MR) is 204 cm³/mol. The Kier molecular flexibility index (Phi) is 17.1. The molecule has 1 aliphatic heterocycles. The molecule has 4 aromatic rings. The lowest BCUT2D eigenvalue weighted by Gasteiger charge is -2.23. The van der Waals surface area contributed by atoms with Gasteiger partial charge in [0.2, 0.25) is 0 Å². The topological polar surface area (TPSA) is 175 Å². The quantitative estimate of drug-likeness (QED) is 0.151. The van der Waals surface area contributed by atoms with Crippen molar-refractivity contribution in [1.29, 1.82) is 0 Å². The molecule has 0 atom stereocenters. The molecule has 5 rings (SSSR count). The smallest absolute Gasteiger partial charge is 0.351 e. The SMILES string of the molecule is CCOC(=O)c1cc2ccc(OCCN3CCOCCOCCN(CCOc4ccc5cc(C(=O)OCC)c(=O)oc5c4)CCOCCOCC3)cc2oc1=O. The summed E-state index contributed by atoms with van der Waals surface area (Å²) in [7, 11) is 0. The van der Waals surface area contributed by atoms with Gasteiger partial charge in [0.25, 0.3) is 0 Å². The van der Waals surface area contributed by atoms with Crippen LogP contribution in [0.25, 0.3) is 21.9 Å². The molecule has 0 aliphatic carbocycles. The molecule has 0 radical (unpaired) electrons. The summed E-state index contributed by atoms with van der Waals surface area (Å²) >= 11 is 0. The molecule has 0 saturated carbocycles. The summed E-state index contributed by atoms with van der Waals surface area (Å²) in [4.78, 5) is 53.1. The van der Waals surface area contributed by atoms with Gasteiger partial charge in [-0.1, -0.05) is 0 Å². The third-order valence-electron chi connectivity index (χ3n) is 8.71. The van der Waals surface area contributed by atoms with E-state index in [1.165, 1.54) is 12.1 Å². The Labute approximate surface area is 324 Å². The number of hydrogen-bond acceptors (Lipinski definition) is 16. The molecule has 1 aliphatic rings. The second-order valence-electron chi connectivity index (χ2n) is 12.6. The summed E-state index contributed by atoms with van der Waals surface area (Å²) < 4.78 is 56.0. The number of ether oxygens (including phenoxy) is 8. The van der Waals surface area contributed by atoms with Gasteiger partial charge in [-0.25, -0.2) is 19.2 Å². The Bertz CT molecular complexity index is 1820. The van der Waals surface area contributed by atoms with Gasteiger partial charge < -0.3 is 46.7 Å². The van der Waals surface area contributed by atoms with Gasteiger partial charge in [0.15, 0.2) is 0 Å². The first-order valence-corrected chi connectivity index (χ1v) is 18.9. The number of carbonyl (C=O) groups excluding carboxylic acids is 2. The monoisotopic (exact) mass is 782 g/mol. The maximum Gasteiger partial charge on any atom is 0.351 e. The molecular weight excluding hydrogens is 732 g/mol. The maximum atomic E-state index is 12.3. The van der Waals surface area contributed by atoms with Crippen molar-refractivity contribution in [2.75, 3.05) is 119 Å². The largest absolute Gasteiger partial charge is 0.492 e. The summed E-state index contributed by atoms with van der Waals surface area (Å²) in [5.74, 6) is -0.362. The Balaban J connectivity index is 1.03. The van der Waals surface area contributed by atoms with Crippen LogP contribution in [0, 0.1) is 0 Å². The second-order valence-corrected chi connectivity index (χ2v) is 12.6. The van der Waals surface area contributed by atoms with Crippen LogP contribution in [0.4, 0.5) is 0 Å². The molecule has 1 fully saturated rings. The molecule has 2 aromatic heterocycles. The lowest BCUT2D eigenvalue weighted by atomic mass is 10.2. The van der Waals surface area contributed by atoms with Gasteiger partial charge in [-0.2, -0.15) is 0 Å². The summed E-state index contributed by atoms with van der Waals surface area (Å²) in [5.41, 5.74) is -1.18. The van der Waals surface area contributed by atoms with Gasteiger partial charge >= 0.3 is 23.2 Å². The number of nitrogens with zero attached hydrogens (tertiary/aromatic N) is 2. The molecule has 304 valence electrons. The fourth-order valence-corrected chi connectivity index (χ4v) is 5.74. The summed E-state index contributed by atoms with van der Waals surface area (Å²) in [6.45, 7) is 12.1. The first-order valence-electron chi connectivity index (χ1n) is 18.9. The zero-order valence-electron chi connectivity index (χ0n) is 32.0. The third-order valence-corrected chi connectivity index (χ3v) is 8.71. The van der Waals surface area contributed by atoms with Crippen LogP contribution in [-0.4, -0.2) is 140 Å². The Morgan fingerprint density at radius 2 is 0.929 bits per heavy atom. The van der Waals surface area contributed by atoms with E-state index in [-0.39, 0.29) is 24.3 Å². The van der Waals surface area contributed by atoms with Crippen LogP contribution in [0.1, 0.15) is 34.6 Å². The number of hydrogen-bond donors (Lipinski definition) is 0. The van der Waals surface area contributed by atoms with Gasteiger partial charge in [0, 0.05) is 62.2 Å². The van der Waals surface area contributed by atoms with Crippen LogP contribution in [0.5, 0.6) is 11.5 Å². The summed E-state index contributed by atoms with van der Waals surface area (Å²) in [6.07, 6.45) is 0. The van der Waals surface area contributed by atoms with Crippen LogP contribution in [0.2, 0.25) is 0 Å². The molecule has 0 N–H and O–H groups in total. The molecular formula is C40H50N2O14. The number of fused-ring (bicyclic) bond motifs is 2. The third kappa shape index (κ3) is 13.1. The van der Waals surface area contributed by atoms with E-state index < -0.39 is 23.2 Å². The average Bonchev–Trinajstić information content (AvgIpc) is 3.18. The molecule has 0 spiro atoms. The van der Waals surface area contributed by atoms with E-state index in [0.717, 1.165) is 0 Å². The zero-order chi connectivity index (χ0) is 39.5. The van der Waals surface area contributed by atoms with Gasteiger partial charge in [0.1, 0.15) is 47.0 Å². The average molecular weight is 783 g/mol. The second kappa shape index (κ2) is 22.6. The molecule has 0 unspecified atom stereocenters. The van der Waals surface area contributed by atoms with E-state index >= 15 is 0 Å². The van der Waals surface area contributed by atoms with Crippen molar-refractivity contribution in [1.82, 2.24) is 9.80 Å². The van der Waals surface area contributed by atoms with Crippen LogP contribution in [0.3, 0.4) is 0 Å². The number of rotatable bonds is 12. The Morgan fingerprint density at radius 1 is 0.554 bits per heavy atom. The van der Waals surface area contributed by atoms with Crippen LogP contribution < -0.4 is 20.7 Å². The van der Waals surface area contributed by atoms with Crippen molar-refractivity contribution in [3.63, 3.8) is 0 Å². The molecule has 0 amide bonds. The lowest BCUT2D eigenvalue weighted by Crippen LogP contribution is -2.36. The highest BCUT2D eigenvalue weighted by Gasteiger charge is 2.17. The summed E-state index contributed by atoms with van der Waals surface area (Å²) in [5, 5.41) is 1.17. The zero-order valence-corrected chi connectivity index (χ0v) is 32.0. The minimum atomic E-state index is -0.760. The minimum Gasteiger partial charge on any atom is -0.492 e. The van der Waals surface area contributed by atoms with E-state index in [0.29, 0.717) is 139 Å². The number of esters is 2. The Morgan fingerprint density at radius 3 is 1.29 bits per heavy atom. The fraction of sp³-hybridized carbons (Fsp3) is 0.500. The highest BCUT2D eigenvalue weighted by atomic mass is 16.5. The first-order chi connectivity index (χ1) is 27.3. The Hall–Kier alpha value is -4.84.